The third-order valence-electron chi connectivity index (χ3n) is 3.20. The largest absolute Gasteiger partial charge is 0.330 e. The Balaban J connectivity index is 2.36. The van der Waals surface area contributed by atoms with Crippen LogP contribution in [-0.4, -0.2) is 19.6 Å². The predicted molar refractivity (Wildman–Crippen MR) is 75.5 cm³/mol. The maximum absolute atomic E-state index is 5.46. The van der Waals surface area contributed by atoms with E-state index in [-0.39, 0.29) is 0 Å². The number of nitrogens with one attached hydrogen (secondary N) is 1. The lowest BCUT2D eigenvalue weighted by Crippen LogP contribution is -2.20. The first-order valence-corrected chi connectivity index (χ1v) is 6.62. The van der Waals surface area contributed by atoms with Crippen LogP contribution in [0.3, 0.4) is 0 Å². The van der Waals surface area contributed by atoms with Gasteiger partial charge in [-0.05, 0) is 76.4 Å². The average molecular weight is 234 g/mol. The van der Waals surface area contributed by atoms with Gasteiger partial charge in [0.25, 0.3) is 0 Å². The van der Waals surface area contributed by atoms with Crippen molar-refractivity contribution in [3.8, 4) is 0 Å². The summed E-state index contributed by atoms with van der Waals surface area (Å²) in [5.74, 6) is 0. The van der Waals surface area contributed by atoms with Crippen molar-refractivity contribution in [1.82, 2.24) is 5.32 Å². The zero-order valence-corrected chi connectivity index (χ0v) is 11.5. The summed E-state index contributed by atoms with van der Waals surface area (Å²) in [7, 11) is 0. The number of aryl methyl sites for hydroxylation is 3. The van der Waals surface area contributed by atoms with Crippen molar-refractivity contribution in [2.24, 2.45) is 5.73 Å². The molecule has 0 heterocycles. The van der Waals surface area contributed by atoms with Crippen molar-refractivity contribution < 1.29 is 0 Å². The second-order valence-electron chi connectivity index (χ2n) is 4.87. The Morgan fingerprint density at radius 2 is 1.65 bits per heavy atom. The van der Waals surface area contributed by atoms with E-state index in [9.17, 15) is 0 Å². The van der Waals surface area contributed by atoms with Crippen LogP contribution in [0.5, 0.6) is 0 Å². The van der Waals surface area contributed by atoms with E-state index in [1.54, 1.807) is 0 Å². The maximum atomic E-state index is 5.46. The summed E-state index contributed by atoms with van der Waals surface area (Å²) in [4.78, 5) is 0. The minimum atomic E-state index is 0.803. The number of nitrogens with two attached hydrogens (primary N) is 1. The third-order valence-corrected chi connectivity index (χ3v) is 3.20. The molecule has 0 aliphatic rings. The summed E-state index contributed by atoms with van der Waals surface area (Å²) >= 11 is 0. The molecular weight excluding hydrogens is 208 g/mol. The fourth-order valence-corrected chi connectivity index (χ4v) is 2.34. The van der Waals surface area contributed by atoms with Gasteiger partial charge in [0.05, 0.1) is 0 Å². The second-order valence-corrected chi connectivity index (χ2v) is 4.87. The van der Waals surface area contributed by atoms with Gasteiger partial charge in [-0.25, -0.2) is 0 Å². The highest BCUT2D eigenvalue weighted by Gasteiger charge is 2.03. The molecule has 0 aromatic heterocycles. The van der Waals surface area contributed by atoms with Gasteiger partial charge in [-0.2, -0.15) is 0 Å². The molecule has 2 heteroatoms. The van der Waals surface area contributed by atoms with E-state index >= 15 is 0 Å². The molecule has 0 spiro atoms. The molecule has 1 aromatic rings. The summed E-state index contributed by atoms with van der Waals surface area (Å²) < 4.78 is 0. The maximum Gasteiger partial charge on any atom is -0.000815 e. The van der Waals surface area contributed by atoms with Crippen molar-refractivity contribution >= 4 is 0 Å². The highest BCUT2D eigenvalue weighted by atomic mass is 14.8. The Morgan fingerprint density at radius 1 is 1.00 bits per heavy atom. The normalized spacial score (nSPS) is 10.8. The Morgan fingerprint density at radius 3 is 2.24 bits per heavy atom. The SMILES string of the molecule is Cc1cc(C)c(CCNCCCCN)c(C)c1. The molecule has 1 rings (SSSR count). The van der Waals surface area contributed by atoms with Gasteiger partial charge in [-0.3, -0.25) is 0 Å². The average Bonchev–Trinajstić information content (AvgIpc) is 2.26. The van der Waals surface area contributed by atoms with Gasteiger partial charge in [-0.15, -0.1) is 0 Å². The van der Waals surface area contributed by atoms with Crippen LogP contribution < -0.4 is 11.1 Å². The lowest BCUT2D eigenvalue weighted by Gasteiger charge is -2.11. The molecule has 0 fully saturated rings. The zero-order valence-electron chi connectivity index (χ0n) is 11.5. The first-order chi connectivity index (χ1) is 8.15. The van der Waals surface area contributed by atoms with Crippen molar-refractivity contribution in [2.45, 2.75) is 40.0 Å². The monoisotopic (exact) mass is 234 g/mol. The van der Waals surface area contributed by atoms with Gasteiger partial charge in [0.2, 0.25) is 0 Å². The van der Waals surface area contributed by atoms with E-state index in [2.05, 4.69) is 38.2 Å². The zero-order chi connectivity index (χ0) is 12.7. The van der Waals surface area contributed by atoms with Crippen molar-refractivity contribution in [1.29, 1.82) is 0 Å². The Kier molecular flexibility index (Phi) is 6.23. The van der Waals surface area contributed by atoms with Crippen LogP contribution in [0.15, 0.2) is 12.1 Å². The molecular formula is C15H26N2. The number of unbranched alkanes of at least 4 members (excludes halogenated alkanes) is 1. The standard InChI is InChI=1S/C15H26N2/c1-12-10-13(2)15(14(3)11-12)6-9-17-8-5-4-7-16/h10-11,17H,4-9,16H2,1-3H3. The van der Waals surface area contributed by atoms with Crippen molar-refractivity contribution in [3.63, 3.8) is 0 Å². The van der Waals surface area contributed by atoms with E-state index in [1.807, 2.05) is 0 Å². The molecule has 0 saturated carbocycles. The molecule has 96 valence electrons. The van der Waals surface area contributed by atoms with Gasteiger partial charge < -0.3 is 11.1 Å². The molecule has 0 radical (unpaired) electrons. The molecule has 0 atom stereocenters. The van der Waals surface area contributed by atoms with Crippen LogP contribution in [0.1, 0.15) is 35.1 Å². The van der Waals surface area contributed by atoms with Gasteiger partial charge in [0, 0.05) is 0 Å². The molecule has 0 aliphatic heterocycles. The minimum absolute atomic E-state index is 0.803. The van der Waals surface area contributed by atoms with Crippen LogP contribution in [0.2, 0.25) is 0 Å². The molecule has 1 aromatic carbocycles. The van der Waals surface area contributed by atoms with Gasteiger partial charge in [0.15, 0.2) is 0 Å². The third kappa shape index (κ3) is 4.88. The van der Waals surface area contributed by atoms with Crippen LogP contribution >= 0.6 is 0 Å². The predicted octanol–water partition coefficient (Wildman–Crippen LogP) is 2.48. The smallest absolute Gasteiger partial charge is 0.000815 e. The highest BCUT2D eigenvalue weighted by molar-refractivity contribution is 5.37. The quantitative estimate of drug-likeness (QED) is 0.711. The van der Waals surface area contributed by atoms with Crippen LogP contribution in [0, 0.1) is 20.8 Å². The highest BCUT2D eigenvalue weighted by Crippen LogP contribution is 2.16. The Labute approximate surface area is 106 Å². The molecule has 0 bridgehead atoms. The number of benzene rings is 1. The summed E-state index contributed by atoms with van der Waals surface area (Å²) in [5.41, 5.74) is 11.2. The minimum Gasteiger partial charge on any atom is -0.330 e. The molecule has 3 N–H and O–H groups in total. The summed E-state index contributed by atoms with van der Waals surface area (Å²) in [6.45, 7) is 9.54. The van der Waals surface area contributed by atoms with Gasteiger partial charge in [-0.1, -0.05) is 17.7 Å². The van der Waals surface area contributed by atoms with E-state index in [1.165, 1.54) is 28.7 Å². The molecule has 17 heavy (non-hydrogen) atoms. The lowest BCUT2D eigenvalue weighted by molar-refractivity contribution is 0.626. The van der Waals surface area contributed by atoms with E-state index in [0.717, 1.165) is 32.5 Å². The number of rotatable bonds is 7. The van der Waals surface area contributed by atoms with Crippen molar-refractivity contribution in [2.75, 3.05) is 19.6 Å². The Bertz CT molecular complexity index is 322. The van der Waals surface area contributed by atoms with Crippen molar-refractivity contribution in [3.05, 3.63) is 34.4 Å². The molecule has 0 saturated heterocycles. The van der Waals surface area contributed by atoms with E-state index in [0.29, 0.717) is 0 Å². The van der Waals surface area contributed by atoms with E-state index in [4.69, 9.17) is 5.73 Å². The first kappa shape index (κ1) is 14.2. The van der Waals surface area contributed by atoms with E-state index < -0.39 is 0 Å². The number of hydrogen-bond donors (Lipinski definition) is 2. The van der Waals surface area contributed by atoms with Gasteiger partial charge >= 0.3 is 0 Å². The topological polar surface area (TPSA) is 38.0 Å². The summed E-state index contributed by atoms with van der Waals surface area (Å²) in [6.07, 6.45) is 3.43. The molecule has 0 unspecified atom stereocenters. The Hall–Kier alpha value is -0.860. The second kappa shape index (κ2) is 7.46. The first-order valence-electron chi connectivity index (χ1n) is 6.62. The lowest BCUT2D eigenvalue weighted by atomic mass is 9.97. The summed E-state index contributed by atoms with van der Waals surface area (Å²) in [5, 5.41) is 3.48. The summed E-state index contributed by atoms with van der Waals surface area (Å²) in [6, 6.07) is 4.55. The molecule has 0 aliphatic carbocycles. The molecule has 0 amide bonds. The number of hydrogen-bond acceptors (Lipinski definition) is 2. The fraction of sp³-hybridized carbons (Fsp3) is 0.600. The van der Waals surface area contributed by atoms with Crippen LogP contribution in [-0.2, 0) is 6.42 Å². The molecule has 2 nitrogen and oxygen atoms in total. The van der Waals surface area contributed by atoms with Crippen LogP contribution in [0.25, 0.3) is 0 Å². The fourth-order valence-electron chi connectivity index (χ4n) is 2.34. The van der Waals surface area contributed by atoms with Crippen LogP contribution in [0.4, 0.5) is 0 Å². The van der Waals surface area contributed by atoms with Gasteiger partial charge in [0.1, 0.15) is 0 Å².